The lowest BCUT2D eigenvalue weighted by Gasteiger charge is -2.08. The standard InChI is InChI=1S/C15H12BrClN2O4/c1-19-5-4-9(6-14(19)21)15(22)23-8-13(20)18-12-3-2-10(16)7-11(12)17/h2-7H,8H2,1H3,(H,18,20). The van der Waals surface area contributed by atoms with Crippen LogP contribution < -0.4 is 10.9 Å². The van der Waals surface area contributed by atoms with Crippen LogP contribution in [-0.2, 0) is 16.6 Å². The second-order valence-electron chi connectivity index (χ2n) is 4.61. The second kappa shape index (κ2) is 7.43. The predicted octanol–water partition coefficient (Wildman–Crippen LogP) is 2.60. The van der Waals surface area contributed by atoms with Crippen molar-refractivity contribution in [1.29, 1.82) is 0 Å². The summed E-state index contributed by atoms with van der Waals surface area (Å²) in [5, 5.41) is 2.88. The first kappa shape index (κ1) is 17.2. The molecule has 2 rings (SSSR count). The fourth-order valence-corrected chi connectivity index (χ4v) is 2.39. The Morgan fingerprint density at radius 2 is 2.04 bits per heavy atom. The van der Waals surface area contributed by atoms with Crippen molar-refractivity contribution in [1.82, 2.24) is 4.57 Å². The molecule has 8 heteroatoms. The van der Waals surface area contributed by atoms with Crippen molar-refractivity contribution in [2.45, 2.75) is 0 Å². The average Bonchev–Trinajstić information content (AvgIpc) is 2.50. The molecule has 23 heavy (non-hydrogen) atoms. The summed E-state index contributed by atoms with van der Waals surface area (Å²) in [4.78, 5) is 35.0. The summed E-state index contributed by atoms with van der Waals surface area (Å²) in [7, 11) is 1.56. The third-order valence-corrected chi connectivity index (χ3v) is 3.69. The molecule has 0 radical (unpaired) electrons. The maximum absolute atomic E-state index is 11.8. The Morgan fingerprint density at radius 1 is 1.30 bits per heavy atom. The van der Waals surface area contributed by atoms with Gasteiger partial charge in [0.25, 0.3) is 11.5 Å². The molecule has 1 aromatic heterocycles. The highest BCUT2D eigenvalue weighted by molar-refractivity contribution is 9.10. The van der Waals surface area contributed by atoms with Crippen molar-refractivity contribution in [2.24, 2.45) is 7.05 Å². The van der Waals surface area contributed by atoms with Crippen LogP contribution >= 0.6 is 27.5 Å². The number of hydrogen-bond acceptors (Lipinski definition) is 4. The summed E-state index contributed by atoms with van der Waals surface area (Å²) in [5.74, 6) is -1.29. The Morgan fingerprint density at radius 3 is 2.70 bits per heavy atom. The molecule has 2 aromatic rings. The molecule has 0 saturated heterocycles. The van der Waals surface area contributed by atoms with Crippen LogP contribution in [0.5, 0.6) is 0 Å². The molecule has 0 aliphatic heterocycles. The van der Waals surface area contributed by atoms with Crippen LogP contribution in [0.4, 0.5) is 5.69 Å². The predicted molar refractivity (Wildman–Crippen MR) is 89.7 cm³/mol. The molecule has 0 bridgehead atoms. The van der Waals surface area contributed by atoms with Gasteiger partial charge < -0.3 is 14.6 Å². The van der Waals surface area contributed by atoms with Gasteiger partial charge in [-0.05, 0) is 24.3 Å². The average molecular weight is 400 g/mol. The van der Waals surface area contributed by atoms with E-state index in [0.29, 0.717) is 10.7 Å². The topological polar surface area (TPSA) is 77.4 Å². The maximum atomic E-state index is 11.8. The van der Waals surface area contributed by atoms with Crippen molar-refractivity contribution in [3.63, 3.8) is 0 Å². The number of esters is 1. The largest absolute Gasteiger partial charge is 0.452 e. The number of ether oxygens (including phenoxy) is 1. The van der Waals surface area contributed by atoms with Gasteiger partial charge in [0.2, 0.25) is 0 Å². The van der Waals surface area contributed by atoms with Gasteiger partial charge in [-0.25, -0.2) is 4.79 Å². The van der Waals surface area contributed by atoms with E-state index in [4.69, 9.17) is 16.3 Å². The van der Waals surface area contributed by atoms with Crippen LogP contribution in [0.25, 0.3) is 0 Å². The third-order valence-electron chi connectivity index (χ3n) is 2.88. The Labute approximate surface area is 145 Å². The minimum Gasteiger partial charge on any atom is -0.452 e. The molecule has 120 valence electrons. The van der Waals surface area contributed by atoms with Crippen LogP contribution in [0.15, 0.2) is 45.8 Å². The quantitative estimate of drug-likeness (QED) is 0.802. The van der Waals surface area contributed by atoms with Gasteiger partial charge in [-0.15, -0.1) is 0 Å². The molecular formula is C15H12BrClN2O4. The fraction of sp³-hybridized carbons (Fsp3) is 0.133. The lowest BCUT2D eigenvalue weighted by Crippen LogP contribution is -2.22. The van der Waals surface area contributed by atoms with Crippen molar-refractivity contribution < 1.29 is 14.3 Å². The Balaban J connectivity index is 1.94. The summed E-state index contributed by atoms with van der Waals surface area (Å²) in [6.07, 6.45) is 1.45. The van der Waals surface area contributed by atoms with Gasteiger partial charge in [0.05, 0.1) is 16.3 Å². The molecule has 0 saturated carbocycles. The van der Waals surface area contributed by atoms with E-state index in [1.165, 1.54) is 16.8 Å². The minimum absolute atomic E-state index is 0.0857. The monoisotopic (exact) mass is 398 g/mol. The molecule has 0 spiro atoms. The fourth-order valence-electron chi connectivity index (χ4n) is 1.67. The summed E-state index contributed by atoms with van der Waals surface area (Å²) in [5.41, 5.74) is 0.151. The number of benzene rings is 1. The maximum Gasteiger partial charge on any atom is 0.338 e. The normalized spacial score (nSPS) is 10.2. The summed E-state index contributed by atoms with van der Waals surface area (Å²) in [6.45, 7) is -0.486. The van der Waals surface area contributed by atoms with Gasteiger partial charge in [-0.1, -0.05) is 27.5 Å². The number of halogens is 2. The van der Waals surface area contributed by atoms with E-state index in [0.717, 1.165) is 10.5 Å². The molecule has 1 amide bonds. The number of anilines is 1. The number of pyridine rings is 1. The van der Waals surface area contributed by atoms with Crippen molar-refractivity contribution in [3.05, 3.63) is 61.9 Å². The van der Waals surface area contributed by atoms with E-state index >= 15 is 0 Å². The van der Waals surface area contributed by atoms with E-state index in [-0.39, 0.29) is 11.1 Å². The first-order chi connectivity index (χ1) is 10.9. The minimum atomic E-state index is -0.750. The molecule has 1 aromatic carbocycles. The van der Waals surface area contributed by atoms with E-state index in [1.807, 2.05) is 0 Å². The van der Waals surface area contributed by atoms with Gasteiger partial charge in [-0.2, -0.15) is 0 Å². The first-order valence-corrected chi connectivity index (χ1v) is 7.62. The van der Waals surface area contributed by atoms with E-state index in [2.05, 4.69) is 21.2 Å². The number of nitrogens with one attached hydrogen (secondary N) is 1. The molecular weight excluding hydrogens is 388 g/mol. The van der Waals surface area contributed by atoms with Crippen LogP contribution in [0, 0.1) is 0 Å². The Kier molecular flexibility index (Phi) is 5.57. The van der Waals surface area contributed by atoms with Gasteiger partial charge in [0, 0.05) is 23.8 Å². The van der Waals surface area contributed by atoms with Gasteiger partial charge in [0.1, 0.15) is 0 Å². The van der Waals surface area contributed by atoms with E-state index in [9.17, 15) is 14.4 Å². The molecule has 0 aliphatic carbocycles. The number of aromatic nitrogens is 1. The Bertz CT molecular complexity index is 819. The lowest BCUT2D eigenvalue weighted by atomic mass is 10.3. The molecule has 0 aliphatic rings. The SMILES string of the molecule is Cn1ccc(C(=O)OCC(=O)Nc2ccc(Br)cc2Cl)cc1=O. The van der Waals surface area contributed by atoms with Gasteiger partial charge in [-0.3, -0.25) is 9.59 Å². The van der Waals surface area contributed by atoms with Crippen LogP contribution in [0.3, 0.4) is 0 Å². The lowest BCUT2D eigenvalue weighted by molar-refractivity contribution is -0.119. The first-order valence-electron chi connectivity index (χ1n) is 6.45. The summed E-state index contributed by atoms with van der Waals surface area (Å²) < 4.78 is 6.96. The third kappa shape index (κ3) is 4.67. The molecule has 0 atom stereocenters. The zero-order valence-corrected chi connectivity index (χ0v) is 14.3. The number of nitrogens with zero attached hydrogens (tertiary/aromatic N) is 1. The van der Waals surface area contributed by atoms with Crippen LogP contribution in [0.2, 0.25) is 5.02 Å². The molecule has 1 heterocycles. The van der Waals surface area contributed by atoms with Gasteiger partial charge in [0.15, 0.2) is 6.61 Å². The number of carbonyl (C=O) groups excluding carboxylic acids is 2. The molecule has 0 fully saturated rings. The molecule has 6 nitrogen and oxygen atoms in total. The van der Waals surface area contributed by atoms with E-state index < -0.39 is 18.5 Å². The van der Waals surface area contributed by atoms with Crippen LogP contribution in [0.1, 0.15) is 10.4 Å². The Hall–Kier alpha value is -2.12. The van der Waals surface area contributed by atoms with E-state index in [1.54, 1.807) is 25.2 Å². The number of carbonyl (C=O) groups is 2. The number of rotatable bonds is 4. The smallest absolute Gasteiger partial charge is 0.338 e. The number of amides is 1. The zero-order valence-electron chi connectivity index (χ0n) is 12.0. The number of hydrogen-bond donors (Lipinski definition) is 1. The van der Waals surface area contributed by atoms with Crippen molar-refractivity contribution >= 4 is 45.1 Å². The van der Waals surface area contributed by atoms with Crippen molar-refractivity contribution in [2.75, 3.05) is 11.9 Å². The van der Waals surface area contributed by atoms with Gasteiger partial charge >= 0.3 is 5.97 Å². The summed E-state index contributed by atoms with van der Waals surface area (Å²) in [6, 6.07) is 7.54. The molecule has 0 unspecified atom stereocenters. The summed E-state index contributed by atoms with van der Waals surface area (Å²) >= 11 is 9.23. The highest BCUT2D eigenvalue weighted by Crippen LogP contribution is 2.25. The number of aryl methyl sites for hydroxylation is 1. The molecule has 1 N–H and O–H groups in total. The highest BCUT2D eigenvalue weighted by atomic mass is 79.9. The van der Waals surface area contributed by atoms with Crippen molar-refractivity contribution in [3.8, 4) is 0 Å². The highest BCUT2D eigenvalue weighted by Gasteiger charge is 2.12. The van der Waals surface area contributed by atoms with Crippen LogP contribution in [-0.4, -0.2) is 23.1 Å². The zero-order chi connectivity index (χ0) is 17.0. The second-order valence-corrected chi connectivity index (χ2v) is 5.94.